The van der Waals surface area contributed by atoms with Crippen LogP contribution in [0.25, 0.3) is 11.3 Å². The fourth-order valence-electron chi connectivity index (χ4n) is 4.82. The van der Waals surface area contributed by atoms with Crippen LogP contribution in [0.15, 0.2) is 30.3 Å². The monoisotopic (exact) mass is 492 g/mol. The van der Waals surface area contributed by atoms with Crippen LogP contribution in [0.2, 0.25) is 0 Å². The summed E-state index contributed by atoms with van der Waals surface area (Å²) in [5.74, 6) is 0. The molecule has 35 heavy (non-hydrogen) atoms. The topological polar surface area (TPSA) is 50.6 Å². The number of rotatable bonds is 4. The van der Waals surface area contributed by atoms with E-state index in [0.29, 0.717) is 32.7 Å². The number of benzene rings is 1. The molecule has 2 heterocycles. The number of amides is 1. The van der Waals surface area contributed by atoms with Gasteiger partial charge in [0, 0.05) is 32.7 Å². The van der Waals surface area contributed by atoms with Crippen LogP contribution in [-0.2, 0) is 17.5 Å². The van der Waals surface area contributed by atoms with Crippen molar-refractivity contribution in [3.8, 4) is 11.3 Å². The lowest BCUT2D eigenvalue weighted by molar-refractivity contribution is -0.137. The van der Waals surface area contributed by atoms with Crippen LogP contribution in [-0.4, -0.2) is 57.5 Å². The summed E-state index contributed by atoms with van der Waals surface area (Å²) in [6.45, 7) is 8.81. The maximum Gasteiger partial charge on any atom is 0.416 e. The third-order valence-corrected chi connectivity index (χ3v) is 6.62. The largest absolute Gasteiger partial charge is 0.444 e. The number of carbonyl (C=O) groups is 1. The van der Waals surface area contributed by atoms with Crippen LogP contribution < -0.4 is 0 Å². The van der Waals surface area contributed by atoms with Crippen molar-refractivity contribution >= 4 is 6.09 Å². The smallest absolute Gasteiger partial charge is 0.416 e. The molecule has 192 valence electrons. The van der Waals surface area contributed by atoms with Gasteiger partial charge in [-0.25, -0.2) is 4.79 Å². The first-order chi connectivity index (χ1) is 16.5. The minimum Gasteiger partial charge on any atom is -0.444 e. The maximum atomic E-state index is 13.1. The molecule has 1 aliphatic heterocycles. The molecule has 9 heteroatoms. The van der Waals surface area contributed by atoms with Gasteiger partial charge in [-0.05, 0) is 57.4 Å². The van der Waals surface area contributed by atoms with Crippen LogP contribution in [0.5, 0.6) is 0 Å². The molecule has 0 unspecified atom stereocenters. The van der Waals surface area contributed by atoms with Crippen LogP contribution in [0.3, 0.4) is 0 Å². The third kappa shape index (κ3) is 6.57. The van der Waals surface area contributed by atoms with Gasteiger partial charge in [-0.2, -0.15) is 18.3 Å². The van der Waals surface area contributed by atoms with E-state index in [9.17, 15) is 18.0 Å². The summed E-state index contributed by atoms with van der Waals surface area (Å²) >= 11 is 0. The predicted octanol–water partition coefficient (Wildman–Crippen LogP) is 6.13. The minimum absolute atomic E-state index is 0.263. The summed E-state index contributed by atoms with van der Waals surface area (Å²) < 4.78 is 46.7. The molecule has 4 rings (SSSR count). The number of aromatic nitrogens is 2. The Morgan fingerprint density at radius 3 is 2.20 bits per heavy atom. The van der Waals surface area contributed by atoms with E-state index in [2.05, 4.69) is 4.90 Å². The molecule has 1 saturated heterocycles. The first-order valence-electron chi connectivity index (χ1n) is 12.5. The van der Waals surface area contributed by atoms with Gasteiger partial charge in [0.15, 0.2) is 0 Å². The van der Waals surface area contributed by atoms with Gasteiger partial charge in [-0.1, -0.05) is 31.4 Å². The second kappa shape index (κ2) is 10.2. The van der Waals surface area contributed by atoms with Crippen molar-refractivity contribution in [3.63, 3.8) is 0 Å². The summed E-state index contributed by atoms with van der Waals surface area (Å²) in [4.78, 5) is 16.3. The Morgan fingerprint density at radius 1 is 1.00 bits per heavy atom. The van der Waals surface area contributed by atoms with Gasteiger partial charge in [-0.3, -0.25) is 9.58 Å². The molecule has 1 saturated carbocycles. The normalized spacial score (nSPS) is 18.6. The van der Waals surface area contributed by atoms with E-state index < -0.39 is 17.3 Å². The molecule has 0 radical (unpaired) electrons. The van der Waals surface area contributed by atoms with Gasteiger partial charge < -0.3 is 9.64 Å². The highest BCUT2D eigenvalue weighted by atomic mass is 19.4. The van der Waals surface area contributed by atoms with E-state index in [-0.39, 0.29) is 12.1 Å². The van der Waals surface area contributed by atoms with E-state index in [1.165, 1.54) is 6.42 Å². The second-order valence-electron chi connectivity index (χ2n) is 10.6. The molecular formula is C26H35F3N4O2. The molecule has 1 amide bonds. The quantitative estimate of drug-likeness (QED) is 0.516. The molecular weight excluding hydrogens is 457 g/mol. The summed E-state index contributed by atoms with van der Waals surface area (Å²) in [6, 6.07) is 7.65. The maximum absolute atomic E-state index is 13.1. The van der Waals surface area contributed by atoms with Crippen molar-refractivity contribution in [1.29, 1.82) is 0 Å². The Balaban J connectivity index is 1.48. The van der Waals surface area contributed by atoms with Crippen molar-refractivity contribution in [2.45, 2.75) is 77.2 Å². The SMILES string of the molecule is CC(C)(C)OC(=O)N1CCN(Cc2cc(-c3ccc(C(F)(F)F)cc3)n(C3CCCCC3)n2)CC1. The average Bonchev–Trinajstić information content (AvgIpc) is 3.22. The zero-order valence-electron chi connectivity index (χ0n) is 20.8. The Bertz CT molecular complexity index is 997. The molecule has 1 aromatic heterocycles. The lowest BCUT2D eigenvalue weighted by Crippen LogP contribution is -2.49. The van der Waals surface area contributed by atoms with Gasteiger partial charge in [0.05, 0.1) is 23.0 Å². The van der Waals surface area contributed by atoms with Crippen molar-refractivity contribution in [2.24, 2.45) is 0 Å². The van der Waals surface area contributed by atoms with E-state index in [4.69, 9.17) is 9.84 Å². The standard InChI is InChI=1S/C26H35F3N4O2/c1-25(2,3)35-24(34)32-15-13-31(14-16-32)18-21-17-23(33(30-21)22-7-5-4-6-8-22)19-9-11-20(12-10-19)26(27,28)29/h9-12,17,22H,4-8,13-16,18H2,1-3H3. The molecule has 0 N–H and O–H groups in total. The summed E-state index contributed by atoms with van der Waals surface area (Å²) in [7, 11) is 0. The Hall–Kier alpha value is -2.55. The number of nitrogens with zero attached hydrogens (tertiary/aromatic N) is 4. The molecule has 2 fully saturated rings. The van der Waals surface area contributed by atoms with E-state index in [0.717, 1.165) is 54.8 Å². The molecule has 0 atom stereocenters. The first kappa shape index (κ1) is 25.5. The highest BCUT2D eigenvalue weighted by Crippen LogP contribution is 2.35. The van der Waals surface area contributed by atoms with Crippen molar-refractivity contribution in [3.05, 3.63) is 41.6 Å². The van der Waals surface area contributed by atoms with Crippen LogP contribution >= 0.6 is 0 Å². The van der Waals surface area contributed by atoms with E-state index in [1.807, 2.05) is 31.5 Å². The van der Waals surface area contributed by atoms with E-state index in [1.54, 1.807) is 17.0 Å². The number of hydrogen-bond donors (Lipinski definition) is 0. The molecule has 6 nitrogen and oxygen atoms in total. The molecule has 2 aromatic rings. The number of ether oxygens (including phenoxy) is 1. The third-order valence-electron chi connectivity index (χ3n) is 6.62. The predicted molar refractivity (Wildman–Crippen MR) is 128 cm³/mol. The molecule has 0 spiro atoms. The molecule has 0 bridgehead atoms. The highest BCUT2D eigenvalue weighted by molar-refractivity contribution is 5.68. The van der Waals surface area contributed by atoms with E-state index >= 15 is 0 Å². The zero-order valence-corrected chi connectivity index (χ0v) is 20.8. The van der Waals surface area contributed by atoms with Gasteiger partial charge in [0.2, 0.25) is 0 Å². The fourth-order valence-corrected chi connectivity index (χ4v) is 4.82. The zero-order chi connectivity index (χ0) is 25.2. The summed E-state index contributed by atoms with van der Waals surface area (Å²) in [6.07, 6.45) is 0.907. The van der Waals surface area contributed by atoms with Crippen molar-refractivity contribution in [2.75, 3.05) is 26.2 Å². The van der Waals surface area contributed by atoms with Crippen molar-refractivity contribution < 1.29 is 22.7 Å². The lowest BCUT2D eigenvalue weighted by Gasteiger charge is -2.35. The second-order valence-corrected chi connectivity index (χ2v) is 10.6. The number of halogens is 3. The Labute approximate surface area is 205 Å². The molecule has 1 aliphatic carbocycles. The van der Waals surface area contributed by atoms with Crippen molar-refractivity contribution in [1.82, 2.24) is 19.6 Å². The van der Waals surface area contributed by atoms with Crippen LogP contribution in [0, 0.1) is 0 Å². The summed E-state index contributed by atoms with van der Waals surface area (Å²) in [5, 5.41) is 4.93. The summed E-state index contributed by atoms with van der Waals surface area (Å²) in [5.41, 5.74) is 1.35. The molecule has 1 aromatic carbocycles. The first-order valence-corrected chi connectivity index (χ1v) is 12.5. The van der Waals surface area contributed by atoms with Gasteiger partial charge in [0.1, 0.15) is 5.60 Å². The highest BCUT2D eigenvalue weighted by Gasteiger charge is 2.31. The number of carbonyl (C=O) groups excluding carboxylic acids is 1. The van der Waals surface area contributed by atoms with Crippen LogP contribution in [0.4, 0.5) is 18.0 Å². The fraction of sp³-hybridized carbons (Fsp3) is 0.615. The molecule has 2 aliphatic rings. The lowest BCUT2D eigenvalue weighted by atomic mass is 9.95. The van der Waals surface area contributed by atoms with Gasteiger partial charge >= 0.3 is 12.3 Å². The van der Waals surface area contributed by atoms with Gasteiger partial charge in [0.25, 0.3) is 0 Å². The Morgan fingerprint density at radius 2 is 1.63 bits per heavy atom. The minimum atomic E-state index is -4.35. The van der Waals surface area contributed by atoms with Crippen LogP contribution in [0.1, 0.15) is 70.2 Å². The average molecular weight is 493 g/mol. The number of hydrogen-bond acceptors (Lipinski definition) is 4. The Kier molecular flexibility index (Phi) is 7.45. The number of alkyl halides is 3. The number of piperazine rings is 1. The van der Waals surface area contributed by atoms with Gasteiger partial charge in [-0.15, -0.1) is 0 Å².